The van der Waals surface area contributed by atoms with E-state index in [1.807, 2.05) is 12.1 Å². The Hall–Kier alpha value is -1.79. The van der Waals surface area contributed by atoms with Crippen LogP contribution in [0.1, 0.15) is 38.3 Å². The van der Waals surface area contributed by atoms with Crippen LogP contribution in [-0.4, -0.2) is 0 Å². The van der Waals surface area contributed by atoms with Crippen LogP contribution >= 0.6 is 15.9 Å². The molecule has 0 spiro atoms. The molecule has 0 fully saturated rings. The molecule has 0 heterocycles. The van der Waals surface area contributed by atoms with Crippen LogP contribution in [0.3, 0.4) is 0 Å². The average Bonchev–Trinajstić information content (AvgIpc) is 2.50. The summed E-state index contributed by atoms with van der Waals surface area (Å²) in [4.78, 5) is 0. The summed E-state index contributed by atoms with van der Waals surface area (Å²) in [6.45, 7) is 6.67. The van der Waals surface area contributed by atoms with Gasteiger partial charge >= 0.3 is 0 Å². The lowest BCUT2D eigenvalue weighted by atomic mass is 9.82. The minimum atomic E-state index is 0.174. The molecule has 0 amide bonds. The molecule has 0 bridgehead atoms. The third-order valence-electron chi connectivity index (χ3n) is 3.81. The number of nitrogens with zero attached hydrogens (tertiary/aromatic N) is 1. The van der Waals surface area contributed by atoms with Gasteiger partial charge < -0.3 is 4.74 Å². The summed E-state index contributed by atoms with van der Waals surface area (Å²) in [5.41, 5.74) is 2.08. The van der Waals surface area contributed by atoms with Crippen LogP contribution in [0.4, 0.5) is 0 Å². The van der Waals surface area contributed by atoms with Crippen LogP contribution in [0.2, 0.25) is 0 Å². The first-order valence-corrected chi connectivity index (χ1v) is 7.73. The molecular weight excluding hydrogens is 326 g/mol. The van der Waals surface area contributed by atoms with E-state index in [9.17, 15) is 0 Å². The lowest BCUT2D eigenvalue weighted by molar-refractivity contribution is 0.475. The predicted molar refractivity (Wildman–Crippen MR) is 88.7 cm³/mol. The number of ether oxygens (including phenoxy) is 1. The average molecular weight is 344 g/mol. The Morgan fingerprint density at radius 3 is 2.33 bits per heavy atom. The van der Waals surface area contributed by atoms with E-state index in [1.165, 1.54) is 5.56 Å². The van der Waals surface area contributed by atoms with Gasteiger partial charge in [0, 0.05) is 0 Å². The summed E-state index contributed by atoms with van der Waals surface area (Å²) in [6.07, 6.45) is 1.09. The minimum absolute atomic E-state index is 0.174. The van der Waals surface area contributed by atoms with E-state index in [-0.39, 0.29) is 5.41 Å². The van der Waals surface area contributed by atoms with Crippen molar-refractivity contribution in [2.75, 3.05) is 0 Å². The van der Waals surface area contributed by atoms with Gasteiger partial charge in [-0.3, -0.25) is 0 Å². The van der Waals surface area contributed by atoms with Crippen molar-refractivity contribution in [3.8, 4) is 17.6 Å². The van der Waals surface area contributed by atoms with Crippen molar-refractivity contribution in [2.24, 2.45) is 0 Å². The molecule has 0 saturated carbocycles. The highest BCUT2D eigenvalue weighted by molar-refractivity contribution is 9.10. The van der Waals surface area contributed by atoms with Gasteiger partial charge in [-0.2, -0.15) is 5.26 Å². The molecule has 0 aromatic heterocycles. The summed E-state index contributed by atoms with van der Waals surface area (Å²) in [6, 6.07) is 15.6. The number of hydrogen-bond donors (Lipinski definition) is 0. The van der Waals surface area contributed by atoms with Gasteiger partial charge in [-0.1, -0.05) is 32.9 Å². The summed E-state index contributed by atoms with van der Waals surface area (Å²) < 4.78 is 6.63. The van der Waals surface area contributed by atoms with Crippen molar-refractivity contribution < 1.29 is 4.74 Å². The Kier molecular flexibility index (Phi) is 4.69. The summed E-state index contributed by atoms with van der Waals surface area (Å²) in [5, 5.41) is 8.86. The third-order valence-corrected chi connectivity index (χ3v) is 4.43. The van der Waals surface area contributed by atoms with E-state index in [4.69, 9.17) is 10.00 Å². The molecule has 2 rings (SSSR count). The van der Waals surface area contributed by atoms with E-state index >= 15 is 0 Å². The number of hydrogen-bond acceptors (Lipinski definition) is 2. The van der Waals surface area contributed by atoms with Crippen molar-refractivity contribution in [3.05, 3.63) is 58.1 Å². The highest BCUT2D eigenvalue weighted by Crippen LogP contribution is 2.32. The maximum absolute atomic E-state index is 8.86. The first-order chi connectivity index (χ1) is 9.96. The van der Waals surface area contributed by atoms with Crippen LogP contribution in [0, 0.1) is 11.3 Å². The summed E-state index contributed by atoms with van der Waals surface area (Å²) in [7, 11) is 0. The van der Waals surface area contributed by atoms with Gasteiger partial charge in [0.15, 0.2) is 0 Å². The maximum atomic E-state index is 8.86. The van der Waals surface area contributed by atoms with Crippen LogP contribution in [-0.2, 0) is 5.41 Å². The summed E-state index contributed by atoms with van der Waals surface area (Å²) in [5.74, 6) is 1.49. The molecule has 0 aliphatic carbocycles. The Labute approximate surface area is 134 Å². The quantitative estimate of drug-likeness (QED) is 0.702. The second-order valence-electron chi connectivity index (χ2n) is 5.62. The Balaban J connectivity index is 2.20. The zero-order valence-corrected chi connectivity index (χ0v) is 14.1. The fourth-order valence-electron chi connectivity index (χ4n) is 1.96. The zero-order chi connectivity index (χ0) is 15.5. The van der Waals surface area contributed by atoms with Crippen LogP contribution in [0.15, 0.2) is 46.9 Å². The second-order valence-corrected chi connectivity index (χ2v) is 6.48. The number of benzene rings is 2. The molecule has 2 aromatic carbocycles. The van der Waals surface area contributed by atoms with Crippen molar-refractivity contribution >= 4 is 15.9 Å². The predicted octanol–water partition coefficient (Wildman–Crippen LogP) is 5.80. The minimum Gasteiger partial charge on any atom is -0.456 e. The van der Waals surface area contributed by atoms with Crippen LogP contribution in [0.25, 0.3) is 0 Å². The molecule has 108 valence electrons. The normalized spacial score (nSPS) is 11.0. The Morgan fingerprint density at radius 2 is 1.81 bits per heavy atom. The molecule has 0 aliphatic heterocycles. The molecule has 0 unspecified atom stereocenters. The van der Waals surface area contributed by atoms with E-state index in [0.29, 0.717) is 11.3 Å². The zero-order valence-electron chi connectivity index (χ0n) is 12.5. The Morgan fingerprint density at radius 1 is 1.14 bits per heavy atom. The second kappa shape index (κ2) is 6.32. The first kappa shape index (κ1) is 15.6. The maximum Gasteiger partial charge on any atom is 0.141 e. The molecular formula is C18H18BrNO. The number of rotatable bonds is 4. The molecule has 2 aromatic rings. The molecule has 0 atom stereocenters. The van der Waals surface area contributed by atoms with Crippen molar-refractivity contribution in [3.63, 3.8) is 0 Å². The van der Waals surface area contributed by atoms with E-state index in [0.717, 1.165) is 16.6 Å². The highest BCUT2D eigenvalue weighted by atomic mass is 79.9. The van der Waals surface area contributed by atoms with Gasteiger partial charge in [0.05, 0.1) is 16.1 Å². The third kappa shape index (κ3) is 3.65. The fourth-order valence-corrected chi connectivity index (χ4v) is 2.42. The topological polar surface area (TPSA) is 33.0 Å². The smallest absolute Gasteiger partial charge is 0.141 e. The lowest BCUT2D eigenvalue weighted by Crippen LogP contribution is -2.14. The first-order valence-electron chi connectivity index (χ1n) is 6.94. The standard InChI is InChI=1S/C18H18BrNO/c1-4-18(2,3)14-6-8-15(9-7-14)21-17-10-5-13(12-20)11-16(17)19/h5-11H,4H2,1-3H3. The molecule has 2 nitrogen and oxygen atoms in total. The Bertz CT molecular complexity index is 669. The van der Waals surface area contributed by atoms with E-state index in [2.05, 4.69) is 54.9 Å². The van der Waals surface area contributed by atoms with Gasteiger partial charge in [0.25, 0.3) is 0 Å². The van der Waals surface area contributed by atoms with E-state index in [1.54, 1.807) is 18.2 Å². The van der Waals surface area contributed by atoms with E-state index < -0.39 is 0 Å². The van der Waals surface area contributed by atoms with Crippen molar-refractivity contribution in [1.82, 2.24) is 0 Å². The molecule has 0 radical (unpaired) electrons. The SMILES string of the molecule is CCC(C)(C)c1ccc(Oc2ccc(C#N)cc2Br)cc1. The molecule has 21 heavy (non-hydrogen) atoms. The molecule has 3 heteroatoms. The van der Waals surface area contributed by atoms with Crippen LogP contribution in [0.5, 0.6) is 11.5 Å². The van der Waals surface area contributed by atoms with Gasteiger partial charge in [0.1, 0.15) is 11.5 Å². The van der Waals surface area contributed by atoms with Crippen molar-refractivity contribution in [2.45, 2.75) is 32.6 Å². The fraction of sp³-hybridized carbons (Fsp3) is 0.278. The largest absolute Gasteiger partial charge is 0.456 e. The number of halogens is 1. The van der Waals surface area contributed by atoms with Gasteiger partial charge in [-0.15, -0.1) is 0 Å². The highest BCUT2D eigenvalue weighted by Gasteiger charge is 2.17. The van der Waals surface area contributed by atoms with Gasteiger partial charge in [0.2, 0.25) is 0 Å². The van der Waals surface area contributed by atoms with Gasteiger partial charge in [-0.25, -0.2) is 0 Å². The molecule has 0 N–H and O–H groups in total. The van der Waals surface area contributed by atoms with Crippen LogP contribution < -0.4 is 4.74 Å². The number of nitriles is 1. The summed E-state index contributed by atoms with van der Waals surface area (Å²) >= 11 is 3.43. The van der Waals surface area contributed by atoms with Crippen molar-refractivity contribution in [1.29, 1.82) is 5.26 Å². The molecule has 0 saturated heterocycles. The lowest BCUT2D eigenvalue weighted by Gasteiger charge is -2.23. The monoisotopic (exact) mass is 343 g/mol. The molecule has 0 aliphatic rings. The van der Waals surface area contributed by atoms with Gasteiger partial charge in [-0.05, 0) is 63.7 Å².